The minimum atomic E-state index is -0.583. The van der Waals surface area contributed by atoms with Gasteiger partial charge in [0, 0.05) is 11.3 Å². The summed E-state index contributed by atoms with van der Waals surface area (Å²) in [5.74, 6) is -0.694. The number of aromatic nitrogens is 1. The zero-order valence-corrected chi connectivity index (χ0v) is 17.8. The summed E-state index contributed by atoms with van der Waals surface area (Å²) in [5.41, 5.74) is 6.52. The van der Waals surface area contributed by atoms with Crippen molar-refractivity contribution in [3.05, 3.63) is 46.3 Å². The second-order valence-electron chi connectivity index (χ2n) is 6.45. The third-order valence-corrected chi connectivity index (χ3v) is 4.47. The van der Waals surface area contributed by atoms with Crippen molar-refractivity contribution in [1.29, 1.82) is 0 Å². The van der Waals surface area contributed by atoms with Gasteiger partial charge in [-0.05, 0) is 43.5 Å². The predicted octanol–water partition coefficient (Wildman–Crippen LogP) is 2.54. The first-order valence-corrected chi connectivity index (χ1v) is 9.59. The van der Waals surface area contributed by atoms with Crippen LogP contribution in [0.3, 0.4) is 0 Å². The molecule has 1 aromatic heterocycles. The number of hydrazine groups is 1. The maximum absolute atomic E-state index is 12.5. The smallest absolute Gasteiger partial charge is 0.339 e. The number of H-pyrrole nitrogens is 1. The molecule has 2 amide bonds. The van der Waals surface area contributed by atoms with E-state index in [1.54, 1.807) is 19.1 Å². The SMILES string of the molecule is CCCOc1ccc(C(=O)NNC(=O)c2[nH]c(CC)c(C(=O)OC)c2C)cc1OC. The van der Waals surface area contributed by atoms with E-state index in [2.05, 4.69) is 15.8 Å². The van der Waals surface area contributed by atoms with Gasteiger partial charge in [-0.1, -0.05) is 13.8 Å². The van der Waals surface area contributed by atoms with Gasteiger partial charge in [0.25, 0.3) is 11.8 Å². The summed E-state index contributed by atoms with van der Waals surface area (Å²) in [6.07, 6.45) is 1.35. The number of amides is 2. The molecule has 0 aliphatic carbocycles. The number of methoxy groups -OCH3 is 2. The average Bonchev–Trinajstić information content (AvgIpc) is 3.11. The molecule has 0 unspecified atom stereocenters. The number of ether oxygens (including phenoxy) is 3. The Kier molecular flexibility index (Phi) is 7.85. The normalized spacial score (nSPS) is 10.3. The molecule has 162 valence electrons. The Morgan fingerprint density at radius 1 is 1.03 bits per heavy atom. The van der Waals surface area contributed by atoms with Crippen LogP contribution in [-0.4, -0.2) is 43.6 Å². The molecule has 0 atom stereocenters. The molecule has 0 aliphatic rings. The molecule has 9 nitrogen and oxygen atoms in total. The van der Waals surface area contributed by atoms with Crippen LogP contribution in [0.1, 0.15) is 62.7 Å². The number of esters is 1. The number of aromatic amines is 1. The Balaban J connectivity index is 2.12. The van der Waals surface area contributed by atoms with Crippen LogP contribution < -0.4 is 20.3 Å². The Morgan fingerprint density at radius 2 is 1.73 bits per heavy atom. The Hall–Kier alpha value is -3.49. The molecule has 1 heterocycles. The molecular formula is C21H27N3O6. The van der Waals surface area contributed by atoms with Crippen molar-refractivity contribution >= 4 is 17.8 Å². The van der Waals surface area contributed by atoms with Crippen LogP contribution in [0.5, 0.6) is 11.5 Å². The summed E-state index contributed by atoms with van der Waals surface area (Å²) >= 11 is 0. The number of hydrogen-bond donors (Lipinski definition) is 3. The highest BCUT2D eigenvalue weighted by atomic mass is 16.5. The maximum Gasteiger partial charge on any atom is 0.339 e. The van der Waals surface area contributed by atoms with Gasteiger partial charge in [-0.2, -0.15) is 0 Å². The Morgan fingerprint density at radius 3 is 2.33 bits per heavy atom. The first kappa shape index (κ1) is 22.8. The van der Waals surface area contributed by atoms with Crippen molar-refractivity contribution < 1.29 is 28.6 Å². The summed E-state index contributed by atoms with van der Waals surface area (Å²) in [6, 6.07) is 4.73. The molecule has 0 radical (unpaired) electrons. The highest BCUT2D eigenvalue weighted by Crippen LogP contribution is 2.28. The standard InChI is InChI=1S/C21H27N3O6/c1-6-10-30-15-9-8-13(11-16(15)28-4)19(25)23-24-20(26)18-12(3)17(21(27)29-5)14(7-2)22-18/h8-9,11,22H,6-7,10H2,1-5H3,(H,23,25)(H,24,26). The fourth-order valence-corrected chi connectivity index (χ4v) is 2.92. The number of hydrogen-bond acceptors (Lipinski definition) is 6. The Labute approximate surface area is 175 Å². The number of carbonyl (C=O) groups excluding carboxylic acids is 3. The van der Waals surface area contributed by atoms with Gasteiger partial charge < -0.3 is 19.2 Å². The van der Waals surface area contributed by atoms with E-state index in [-0.39, 0.29) is 11.3 Å². The second kappa shape index (κ2) is 10.3. The van der Waals surface area contributed by atoms with Crippen molar-refractivity contribution in [3.8, 4) is 11.5 Å². The quantitative estimate of drug-likeness (QED) is 0.449. The van der Waals surface area contributed by atoms with Crippen LogP contribution in [0.25, 0.3) is 0 Å². The fourth-order valence-electron chi connectivity index (χ4n) is 2.92. The van der Waals surface area contributed by atoms with Crippen LogP contribution in [0, 0.1) is 6.92 Å². The summed E-state index contributed by atoms with van der Waals surface area (Å²) in [5, 5.41) is 0. The van der Waals surface area contributed by atoms with Gasteiger partial charge in [0.15, 0.2) is 11.5 Å². The van der Waals surface area contributed by atoms with Crippen molar-refractivity contribution in [2.45, 2.75) is 33.6 Å². The monoisotopic (exact) mass is 417 g/mol. The van der Waals surface area contributed by atoms with Crippen molar-refractivity contribution in [2.24, 2.45) is 0 Å². The predicted molar refractivity (Wildman–Crippen MR) is 110 cm³/mol. The molecule has 0 spiro atoms. The average molecular weight is 417 g/mol. The summed E-state index contributed by atoms with van der Waals surface area (Å²) in [7, 11) is 2.76. The minimum Gasteiger partial charge on any atom is -0.493 e. The van der Waals surface area contributed by atoms with E-state index in [4.69, 9.17) is 14.2 Å². The summed E-state index contributed by atoms with van der Waals surface area (Å²) < 4.78 is 15.6. The molecule has 9 heteroatoms. The van der Waals surface area contributed by atoms with Crippen molar-refractivity contribution in [1.82, 2.24) is 15.8 Å². The van der Waals surface area contributed by atoms with E-state index < -0.39 is 17.8 Å². The lowest BCUT2D eigenvalue weighted by molar-refractivity contribution is 0.0598. The van der Waals surface area contributed by atoms with E-state index in [1.807, 2.05) is 13.8 Å². The molecule has 1 aromatic carbocycles. The molecular weight excluding hydrogens is 390 g/mol. The van der Waals surface area contributed by atoms with Crippen LogP contribution in [-0.2, 0) is 11.2 Å². The summed E-state index contributed by atoms with van der Waals surface area (Å²) in [6.45, 7) is 6.00. The van der Waals surface area contributed by atoms with Gasteiger partial charge in [0.2, 0.25) is 0 Å². The lowest BCUT2D eigenvalue weighted by atomic mass is 10.1. The first-order valence-electron chi connectivity index (χ1n) is 9.59. The van der Waals surface area contributed by atoms with Gasteiger partial charge >= 0.3 is 5.97 Å². The zero-order valence-electron chi connectivity index (χ0n) is 17.8. The molecule has 2 rings (SSSR count). The summed E-state index contributed by atoms with van der Waals surface area (Å²) in [4.78, 5) is 39.9. The molecule has 3 N–H and O–H groups in total. The lowest BCUT2D eigenvalue weighted by Crippen LogP contribution is -2.42. The first-order chi connectivity index (χ1) is 14.4. The van der Waals surface area contributed by atoms with Gasteiger partial charge in [0.05, 0.1) is 26.4 Å². The third kappa shape index (κ3) is 4.91. The molecule has 0 aliphatic heterocycles. The van der Waals surface area contributed by atoms with E-state index in [1.165, 1.54) is 20.3 Å². The van der Waals surface area contributed by atoms with Crippen LogP contribution in [0.2, 0.25) is 0 Å². The molecule has 2 aromatic rings. The second-order valence-corrected chi connectivity index (χ2v) is 6.45. The Bertz CT molecular complexity index is 935. The number of benzene rings is 1. The highest BCUT2D eigenvalue weighted by Gasteiger charge is 2.24. The molecule has 0 saturated carbocycles. The van der Waals surface area contributed by atoms with Crippen molar-refractivity contribution in [3.63, 3.8) is 0 Å². The molecule has 30 heavy (non-hydrogen) atoms. The van der Waals surface area contributed by atoms with E-state index >= 15 is 0 Å². The highest BCUT2D eigenvalue weighted by molar-refractivity contribution is 6.02. The van der Waals surface area contributed by atoms with Gasteiger partial charge in [-0.15, -0.1) is 0 Å². The van der Waals surface area contributed by atoms with Crippen LogP contribution >= 0.6 is 0 Å². The van der Waals surface area contributed by atoms with Crippen LogP contribution in [0.15, 0.2) is 18.2 Å². The number of nitrogens with one attached hydrogen (secondary N) is 3. The van der Waals surface area contributed by atoms with Crippen LogP contribution in [0.4, 0.5) is 0 Å². The van der Waals surface area contributed by atoms with E-state index in [0.29, 0.717) is 41.3 Å². The lowest BCUT2D eigenvalue weighted by Gasteiger charge is -2.12. The maximum atomic E-state index is 12.5. The number of aryl methyl sites for hydroxylation is 1. The minimum absolute atomic E-state index is 0.174. The molecule has 0 saturated heterocycles. The fraction of sp³-hybridized carbons (Fsp3) is 0.381. The number of rotatable bonds is 8. The largest absolute Gasteiger partial charge is 0.493 e. The van der Waals surface area contributed by atoms with E-state index in [9.17, 15) is 14.4 Å². The van der Waals surface area contributed by atoms with Crippen molar-refractivity contribution in [2.75, 3.05) is 20.8 Å². The number of carbonyl (C=O) groups is 3. The van der Waals surface area contributed by atoms with Gasteiger partial charge in [-0.3, -0.25) is 20.4 Å². The van der Waals surface area contributed by atoms with Gasteiger partial charge in [-0.25, -0.2) is 4.79 Å². The molecule has 0 bridgehead atoms. The topological polar surface area (TPSA) is 119 Å². The van der Waals surface area contributed by atoms with E-state index in [0.717, 1.165) is 6.42 Å². The van der Waals surface area contributed by atoms with Gasteiger partial charge in [0.1, 0.15) is 5.69 Å². The molecule has 0 fully saturated rings. The third-order valence-electron chi connectivity index (χ3n) is 4.47. The zero-order chi connectivity index (χ0) is 22.3.